The van der Waals surface area contributed by atoms with Crippen LogP contribution in [0.25, 0.3) is 4.91 Å². The van der Waals surface area contributed by atoms with Crippen LogP contribution in [0.3, 0.4) is 0 Å². The van der Waals surface area contributed by atoms with Gasteiger partial charge in [0.25, 0.3) is 0 Å². The topological polar surface area (TPSA) is 71.0 Å². The molecule has 0 amide bonds. The molecular formula is C16H14N4OS2. The van der Waals surface area contributed by atoms with E-state index in [-0.39, 0.29) is 6.04 Å². The van der Waals surface area contributed by atoms with Crippen LogP contribution in [0, 0.1) is 0 Å². The third-order valence-corrected chi connectivity index (χ3v) is 6.89. The highest BCUT2D eigenvalue weighted by Crippen LogP contribution is 2.47. The maximum Gasteiger partial charge on any atom is 0.0946 e. The minimum absolute atomic E-state index is 0.0126. The molecule has 0 aromatic carbocycles. The molecule has 2 aliphatic rings. The maximum atomic E-state index is 12.9. The zero-order valence-electron chi connectivity index (χ0n) is 12.4. The number of nitrogens with zero attached hydrogens (tertiary/aromatic N) is 3. The lowest BCUT2D eigenvalue weighted by Crippen LogP contribution is -2.07. The van der Waals surface area contributed by atoms with Crippen LogP contribution in [0.5, 0.6) is 0 Å². The zero-order valence-corrected chi connectivity index (χ0v) is 14.0. The molecule has 23 heavy (non-hydrogen) atoms. The standard InChI is InChI=1S/C16H14N4OS2/c1-22-16-12-9-18-14(10-3-2-5-17-8-10)7-11(12)15(23(16)21)13-4-6-19-20-13/h2-6,8-9,14H,7H2,1H3,(H,19,20)/t14-,23?/m0/s1. The predicted octanol–water partition coefficient (Wildman–Crippen LogP) is 3.07. The number of nitrogens with one attached hydrogen (secondary N) is 1. The van der Waals surface area contributed by atoms with Gasteiger partial charge < -0.3 is 0 Å². The Hall–Kier alpha value is -1.99. The fraction of sp³-hybridized carbons (Fsp3) is 0.188. The van der Waals surface area contributed by atoms with Gasteiger partial charge >= 0.3 is 0 Å². The second-order valence-electron chi connectivity index (χ2n) is 5.24. The molecule has 116 valence electrons. The molecule has 0 bridgehead atoms. The van der Waals surface area contributed by atoms with Gasteiger partial charge in [0, 0.05) is 36.8 Å². The normalized spacial score (nSPS) is 23.5. The van der Waals surface area contributed by atoms with E-state index in [1.165, 1.54) is 11.8 Å². The van der Waals surface area contributed by atoms with E-state index in [1.807, 2.05) is 36.9 Å². The lowest BCUT2D eigenvalue weighted by molar-refractivity contribution is 0.693. The highest BCUT2D eigenvalue weighted by atomic mass is 32.2. The van der Waals surface area contributed by atoms with Gasteiger partial charge in [-0.25, -0.2) is 4.21 Å². The molecule has 0 saturated carbocycles. The van der Waals surface area contributed by atoms with Gasteiger partial charge in [-0.2, -0.15) is 5.10 Å². The molecule has 2 atom stereocenters. The smallest absolute Gasteiger partial charge is 0.0946 e. The van der Waals surface area contributed by atoms with Crippen LogP contribution in [0.2, 0.25) is 0 Å². The Kier molecular flexibility index (Phi) is 3.74. The zero-order chi connectivity index (χ0) is 15.8. The summed E-state index contributed by atoms with van der Waals surface area (Å²) in [5, 5.41) is 6.95. The lowest BCUT2D eigenvalue weighted by Gasteiger charge is -2.19. The van der Waals surface area contributed by atoms with Crippen LogP contribution in [0.15, 0.2) is 57.2 Å². The van der Waals surface area contributed by atoms with Crippen LogP contribution in [-0.2, 0) is 10.8 Å². The third kappa shape index (κ3) is 2.40. The molecule has 2 aliphatic heterocycles. The van der Waals surface area contributed by atoms with Gasteiger partial charge in [-0.3, -0.25) is 15.1 Å². The summed E-state index contributed by atoms with van der Waals surface area (Å²) in [5.74, 6) is 0. The number of aromatic nitrogens is 3. The van der Waals surface area contributed by atoms with E-state index in [4.69, 9.17) is 0 Å². The van der Waals surface area contributed by atoms with Crippen LogP contribution < -0.4 is 0 Å². The number of rotatable bonds is 3. The SMILES string of the molecule is CSC1=C2C=N[C@H](c3cccnc3)CC2=C(c2ccn[nH]2)S1=O. The van der Waals surface area contributed by atoms with E-state index in [9.17, 15) is 4.21 Å². The summed E-state index contributed by atoms with van der Waals surface area (Å²) in [6.07, 6.45) is 9.83. The number of thioether (sulfide) groups is 1. The van der Waals surface area contributed by atoms with Crippen LogP contribution in [-0.4, -0.2) is 31.9 Å². The Morgan fingerprint density at radius 1 is 1.35 bits per heavy atom. The van der Waals surface area contributed by atoms with Crippen molar-refractivity contribution in [2.45, 2.75) is 12.5 Å². The molecule has 1 unspecified atom stereocenters. The molecule has 2 aromatic rings. The van der Waals surface area contributed by atoms with Gasteiger partial charge in [-0.1, -0.05) is 6.07 Å². The van der Waals surface area contributed by atoms with E-state index >= 15 is 0 Å². The first kappa shape index (κ1) is 14.6. The van der Waals surface area contributed by atoms with Crippen LogP contribution in [0.4, 0.5) is 0 Å². The number of allylic oxidation sites excluding steroid dienone is 1. The summed E-state index contributed by atoms with van der Waals surface area (Å²) in [6.45, 7) is 0. The molecule has 0 spiro atoms. The number of pyridine rings is 1. The number of hydrogen-bond acceptors (Lipinski definition) is 5. The van der Waals surface area contributed by atoms with Crippen molar-refractivity contribution >= 4 is 33.7 Å². The number of hydrogen-bond donors (Lipinski definition) is 1. The molecule has 7 heteroatoms. The average molecular weight is 342 g/mol. The molecule has 5 nitrogen and oxygen atoms in total. The van der Waals surface area contributed by atoms with Crippen molar-refractivity contribution < 1.29 is 4.21 Å². The molecule has 1 N–H and O–H groups in total. The Balaban J connectivity index is 1.83. The summed E-state index contributed by atoms with van der Waals surface area (Å²) in [6, 6.07) is 5.83. The average Bonchev–Trinajstić information content (AvgIpc) is 3.20. The lowest BCUT2D eigenvalue weighted by atomic mass is 9.93. The monoisotopic (exact) mass is 342 g/mol. The van der Waals surface area contributed by atoms with Crippen molar-refractivity contribution in [3.63, 3.8) is 0 Å². The highest BCUT2D eigenvalue weighted by Gasteiger charge is 2.35. The van der Waals surface area contributed by atoms with E-state index < -0.39 is 10.8 Å². The molecule has 4 heterocycles. The third-order valence-electron chi connectivity index (χ3n) is 3.95. The van der Waals surface area contributed by atoms with Crippen molar-refractivity contribution in [3.05, 3.63) is 63.4 Å². The van der Waals surface area contributed by atoms with E-state index in [1.54, 1.807) is 12.4 Å². The van der Waals surface area contributed by atoms with Crippen molar-refractivity contribution in [1.29, 1.82) is 0 Å². The Labute approximate surface area is 140 Å². The molecular weight excluding hydrogens is 328 g/mol. The number of aliphatic imine (C=N–C) groups is 1. The molecule has 4 rings (SSSR count). The van der Waals surface area contributed by atoms with Gasteiger partial charge in [0.2, 0.25) is 0 Å². The Morgan fingerprint density at radius 3 is 2.96 bits per heavy atom. The Bertz CT molecular complexity index is 853. The van der Waals surface area contributed by atoms with Gasteiger partial charge in [-0.15, -0.1) is 11.8 Å². The summed E-state index contributed by atoms with van der Waals surface area (Å²) in [7, 11) is -1.17. The quantitative estimate of drug-likeness (QED) is 0.930. The second kappa shape index (κ2) is 5.90. The first-order valence-corrected chi connectivity index (χ1v) is 9.53. The van der Waals surface area contributed by atoms with Crippen LogP contribution >= 0.6 is 11.8 Å². The van der Waals surface area contributed by atoms with Gasteiger partial charge in [0.15, 0.2) is 0 Å². The van der Waals surface area contributed by atoms with E-state index in [0.717, 1.165) is 38.0 Å². The molecule has 0 saturated heterocycles. The molecule has 2 aromatic heterocycles. The summed E-state index contributed by atoms with van der Waals surface area (Å²) in [4.78, 5) is 9.67. The van der Waals surface area contributed by atoms with Gasteiger partial charge in [0.05, 0.1) is 31.7 Å². The van der Waals surface area contributed by atoms with E-state index in [0.29, 0.717) is 0 Å². The maximum absolute atomic E-state index is 12.9. The van der Waals surface area contributed by atoms with Gasteiger partial charge in [-0.05, 0) is 29.5 Å². The fourth-order valence-electron chi connectivity index (χ4n) is 2.90. The van der Waals surface area contributed by atoms with Gasteiger partial charge in [0.1, 0.15) is 0 Å². The Morgan fingerprint density at radius 2 is 2.26 bits per heavy atom. The second-order valence-corrected chi connectivity index (χ2v) is 7.67. The number of fused-ring (bicyclic) bond motifs is 1. The number of aromatic amines is 1. The first-order chi connectivity index (χ1) is 11.3. The summed E-state index contributed by atoms with van der Waals surface area (Å²) in [5.41, 5.74) is 3.99. The van der Waals surface area contributed by atoms with Crippen molar-refractivity contribution in [1.82, 2.24) is 15.2 Å². The minimum atomic E-state index is -1.17. The first-order valence-electron chi connectivity index (χ1n) is 7.16. The molecule has 0 aliphatic carbocycles. The summed E-state index contributed by atoms with van der Waals surface area (Å²) < 4.78 is 13.8. The predicted molar refractivity (Wildman–Crippen MR) is 94.3 cm³/mol. The fourth-order valence-corrected chi connectivity index (χ4v) is 5.44. The molecule has 0 fully saturated rings. The van der Waals surface area contributed by atoms with Crippen molar-refractivity contribution in [3.8, 4) is 0 Å². The highest BCUT2D eigenvalue weighted by molar-refractivity contribution is 8.19. The molecule has 0 radical (unpaired) electrons. The summed E-state index contributed by atoms with van der Waals surface area (Å²) >= 11 is 1.52. The largest absolute Gasteiger partial charge is 0.284 e. The number of H-pyrrole nitrogens is 1. The van der Waals surface area contributed by atoms with Crippen molar-refractivity contribution in [2.24, 2.45) is 4.99 Å². The minimum Gasteiger partial charge on any atom is -0.284 e. The van der Waals surface area contributed by atoms with Crippen molar-refractivity contribution in [2.75, 3.05) is 6.26 Å². The van der Waals surface area contributed by atoms with Crippen LogP contribution in [0.1, 0.15) is 23.7 Å². The van der Waals surface area contributed by atoms with E-state index in [2.05, 4.69) is 20.2 Å².